The average molecular weight is 289 g/mol. The van der Waals surface area contributed by atoms with E-state index in [1.807, 2.05) is 11.9 Å². The minimum atomic E-state index is -1.19. The van der Waals surface area contributed by atoms with E-state index in [1.165, 1.54) is 0 Å². The number of ether oxygens (including phenoxy) is 1. The third-order valence-electron chi connectivity index (χ3n) is 3.43. The number of nitrogens with one attached hydrogen (secondary N) is 2. The van der Waals surface area contributed by atoms with Gasteiger partial charge in [-0.15, -0.1) is 0 Å². The number of carboxylic acid groups (broad SMARTS) is 1. The predicted molar refractivity (Wildman–Crippen MR) is 76.9 cm³/mol. The van der Waals surface area contributed by atoms with Gasteiger partial charge in [0.15, 0.2) is 0 Å². The lowest BCUT2D eigenvalue weighted by Crippen LogP contribution is -2.57. The number of carboxylic acids is 1. The van der Waals surface area contributed by atoms with Gasteiger partial charge in [0.25, 0.3) is 0 Å². The molecule has 0 aromatic heterocycles. The van der Waals surface area contributed by atoms with Crippen molar-refractivity contribution >= 4 is 12.0 Å². The number of carbonyl (C=O) groups is 2. The third kappa shape index (κ3) is 6.21. The van der Waals surface area contributed by atoms with Crippen LogP contribution in [0.15, 0.2) is 0 Å². The van der Waals surface area contributed by atoms with E-state index >= 15 is 0 Å². The van der Waals surface area contributed by atoms with Crippen LogP contribution in [-0.2, 0) is 9.53 Å². The highest BCUT2D eigenvalue weighted by molar-refractivity contribution is 5.86. The van der Waals surface area contributed by atoms with Gasteiger partial charge in [-0.3, -0.25) is 0 Å². The minimum absolute atomic E-state index is 0.347. The molecule has 0 fully saturated rings. The SMILES string of the molecule is CCC(CC)(NC(=O)NCCN(C)CCOC)C(=O)O. The van der Waals surface area contributed by atoms with Crippen molar-refractivity contribution in [2.24, 2.45) is 0 Å². The first-order valence-electron chi connectivity index (χ1n) is 6.88. The molecule has 7 nitrogen and oxygen atoms in total. The standard InChI is InChI=1S/C13H27N3O4/c1-5-13(6-2,11(17)18)15-12(19)14-7-8-16(3)9-10-20-4/h5-10H2,1-4H3,(H,17,18)(H2,14,15,19). The van der Waals surface area contributed by atoms with Crippen molar-refractivity contribution in [1.82, 2.24) is 15.5 Å². The molecular weight excluding hydrogens is 262 g/mol. The second-order valence-electron chi connectivity index (χ2n) is 4.77. The lowest BCUT2D eigenvalue weighted by atomic mass is 9.93. The van der Waals surface area contributed by atoms with Crippen LogP contribution >= 0.6 is 0 Å². The zero-order chi connectivity index (χ0) is 15.6. The molecular formula is C13H27N3O4. The molecule has 2 amide bonds. The number of urea groups is 1. The highest BCUT2D eigenvalue weighted by Crippen LogP contribution is 2.14. The van der Waals surface area contributed by atoms with Crippen molar-refractivity contribution in [1.29, 1.82) is 0 Å². The van der Waals surface area contributed by atoms with Gasteiger partial charge in [0, 0.05) is 26.7 Å². The molecule has 0 saturated carbocycles. The lowest BCUT2D eigenvalue weighted by Gasteiger charge is -2.28. The number of rotatable bonds is 10. The molecule has 0 bridgehead atoms. The Balaban J connectivity index is 4.12. The maximum Gasteiger partial charge on any atom is 0.329 e. The smallest absolute Gasteiger partial charge is 0.329 e. The number of nitrogens with zero attached hydrogens (tertiary/aromatic N) is 1. The number of hydrogen-bond acceptors (Lipinski definition) is 4. The quantitative estimate of drug-likeness (QED) is 0.545. The Morgan fingerprint density at radius 3 is 2.30 bits per heavy atom. The van der Waals surface area contributed by atoms with Crippen molar-refractivity contribution in [2.45, 2.75) is 32.2 Å². The van der Waals surface area contributed by atoms with Crippen LogP contribution in [0, 0.1) is 0 Å². The molecule has 0 aromatic rings. The second-order valence-corrected chi connectivity index (χ2v) is 4.77. The van der Waals surface area contributed by atoms with Crippen LogP contribution < -0.4 is 10.6 Å². The first-order valence-corrected chi connectivity index (χ1v) is 6.88. The van der Waals surface area contributed by atoms with Crippen LogP contribution in [0.1, 0.15) is 26.7 Å². The molecule has 0 radical (unpaired) electrons. The van der Waals surface area contributed by atoms with Crippen molar-refractivity contribution in [3.63, 3.8) is 0 Å². The van der Waals surface area contributed by atoms with E-state index in [9.17, 15) is 14.7 Å². The highest BCUT2D eigenvalue weighted by Gasteiger charge is 2.36. The van der Waals surface area contributed by atoms with Crippen LogP contribution in [0.2, 0.25) is 0 Å². The summed E-state index contributed by atoms with van der Waals surface area (Å²) in [5.74, 6) is -1.00. The maximum atomic E-state index is 11.7. The van der Waals surface area contributed by atoms with Gasteiger partial charge in [0.2, 0.25) is 0 Å². The van der Waals surface area contributed by atoms with Crippen LogP contribution in [0.25, 0.3) is 0 Å². The Morgan fingerprint density at radius 2 is 1.85 bits per heavy atom. The topological polar surface area (TPSA) is 90.9 Å². The van der Waals surface area contributed by atoms with E-state index in [-0.39, 0.29) is 0 Å². The molecule has 0 aliphatic rings. The molecule has 0 heterocycles. The molecule has 0 saturated heterocycles. The summed E-state index contributed by atoms with van der Waals surface area (Å²) < 4.78 is 4.95. The van der Waals surface area contributed by atoms with Crippen molar-refractivity contribution < 1.29 is 19.4 Å². The summed E-state index contributed by atoms with van der Waals surface area (Å²) in [5.41, 5.74) is -1.19. The Hall–Kier alpha value is -1.34. The normalized spacial score (nSPS) is 11.4. The van der Waals surface area contributed by atoms with Crippen molar-refractivity contribution in [3.8, 4) is 0 Å². The number of methoxy groups -OCH3 is 1. The van der Waals surface area contributed by atoms with Gasteiger partial charge < -0.3 is 25.4 Å². The summed E-state index contributed by atoms with van der Waals surface area (Å²) in [4.78, 5) is 25.0. The fourth-order valence-corrected chi connectivity index (χ4v) is 1.76. The van der Waals surface area contributed by atoms with Crippen LogP contribution in [0.3, 0.4) is 0 Å². The fourth-order valence-electron chi connectivity index (χ4n) is 1.76. The van der Waals surface area contributed by atoms with Crippen LogP contribution in [0.5, 0.6) is 0 Å². The number of aliphatic carboxylic acids is 1. The second kappa shape index (κ2) is 9.55. The first-order chi connectivity index (χ1) is 9.41. The molecule has 7 heteroatoms. The van der Waals surface area contributed by atoms with E-state index in [4.69, 9.17) is 4.74 Å². The fraction of sp³-hybridized carbons (Fsp3) is 0.846. The number of likely N-dealkylation sites (N-methyl/N-ethyl adjacent to an activating group) is 1. The molecule has 118 valence electrons. The van der Waals surface area contributed by atoms with Gasteiger partial charge in [0.1, 0.15) is 5.54 Å². The molecule has 0 rings (SSSR count). The summed E-state index contributed by atoms with van der Waals surface area (Å²) in [6, 6.07) is -0.448. The van der Waals surface area contributed by atoms with E-state index in [1.54, 1.807) is 21.0 Å². The van der Waals surface area contributed by atoms with Gasteiger partial charge >= 0.3 is 12.0 Å². The molecule has 0 aromatic carbocycles. The summed E-state index contributed by atoms with van der Waals surface area (Å²) in [7, 11) is 3.57. The van der Waals surface area contributed by atoms with Gasteiger partial charge in [-0.1, -0.05) is 13.8 Å². The molecule has 3 N–H and O–H groups in total. The lowest BCUT2D eigenvalue weighted by molar-refractivity contribution is -0.144. The van der Waals surface area contributed by atoms with Crippen molar-refractivity contribution in [2.75, 3.05) is 40.4 Å². The molecule has 0 spiro atoms. The van der Waals surface area contributed by atoms with Crippen molar-refractivity contribution in [3.05, 3.63) is 0 Å². The number of amides is 2. The molecule has 20 heavy (non-hydrogen) atoms. The Kier molecular flexibility index (Phi) is 8.91. The van der Waals surface area contributed by atoms with E-state index in [2.05, 4.69) is 10.6 Å². The zero-order valence-corrected chi connectivity index (χ0v) is 12.9. The largest absolute Gasteiger partial charge is 0.480 e. The Bertz CT molecular complexity index is 306. The first kappa shape index (κ1) is 18.7. The molecule has 0 atom stereocenters. The molecule has 0 aliphatic heterocycles. The van der Waals surface area contributed by atoms with Gasteiger partial charge in [-0.25, -0.2) is 9.59 Å². The van der Waals surface area contributed by atoms with Gasteiger partial charge in [-0.05, 0) is 19.9 Å². The van der Waals surface area contributed by atoms with Crippen LogP contribution in [0.4, 0.5) is 4.79 Å². The number of hydrogen-bond donors (Lipinski definition) is 3. The summed E-state index contributed by atoms with van der Waals surface area (Å²) in [5, 5.41) is 14.4. The summed E-state index contributed by atoms with van der Waals surface area (Å²) in [6.07, 6.45) is 0.694. The molecule has 0 unspecified atom stereocenters. The highest BCUT2D eigenvalue weighted by atomic mass is 16.5. The summed E-state index contributed by atoms with van der Waals surface area (Å²) in [6.45, 7) is 6.04. The van der Waals surface area contributed by atoms with E-state index in [0.717, 1.165) is 6.54 Å². The number of carbonyl (C=O) groups excluding carboxylic acids is 1. The predicted octanol–water partition coefficient (Wildman–Crippen LogP) is 0.507. The van der Waals surface area contributed by atoms with E-state index < -0.39 is 17.5 Å². The van der Waals surface area contributed by atoms with Gasteiger partial charge in [-0.2, -0.15) is 0 Å². The summed E-state index contributed by atoms with van der Waals surface area (Å²) >= 11 is 0. The zero-order valence-electron chi connectivity index (χ0n) is 12.9. The van der Waals surface area contributed by atoms with E-state index in [0.29, 0.717) is 32.5 Å². The minimum Gasteiger partial charge on any atom is -0.480 e. The van der Waals surface area contributed by atoms with Crippen LogP contribution in [-0.4, -0.2) is 67.9 Å². The third-order valence-corrected chi connectivity index (χ3v) is 3.43. The monoisotopic (exact) mass is 289 g/mol. The molecule has 0 aliphatic carbocycles. The average Bonchev–Trinajstić information content (AvgIpc) is 2.42. The Morgan fingerprint density at radius 1 is 1.25 bits per heavy atom. The van der Waals surface area contributed by atoms with Gasteiger partial charge in [0.05, 0.1) is 6.61 Å². The Labute approximate surface area is 120 Å². The maximum absolute atomic E-state index is 11.7.